The molecular formula is C11H20N2O2. The van der Waals surface area contributed by atoms with E-state index in [0.29, 0.717) is 5.70 Å². The van der Waals surface area contributed by atoms with Gasteiger partial charge in [-0.1, -0.05) is 18.9 Å². The lowest BCUT2D eigenvalue weighted by atomic mass is 9.92. The number of hydrogen-bond acceptors (Lipinski definition) is 3. The Labute approximate surface area is 90.9 Å². The van der Waals surface area contributed by atoms with Crippen molar-refractivity contribution in [2.75, 3.05) is 7.11 Å². The zero-order valence-corrected chi connectivity index (χ0v) is 9.45. The lowest BCUT2D eigenvalue weighted by molar-refractivity contribution is -0.115. The van der Waals surface area contributed by atoms with Crippen molar-refractivity contribution in [3.8, 4) is 0 Å². The molecule has 0 heterocycles. The van der Waals surface area contributed by atoms with Crippen LogP contribution in [-0.4, -0.2) is 25.2 Å². The topological polar surface area (TPSA) is 64.3 Å². The van der Waals surface area contributed by atoms with Crippen LogP contribution in [0.3, 0.4) is 0 Å². The van der Waals surface area contributed by atoms with Gasteiger partial charge in [0, 0.05) is 7.11 Å². The largest absolute Gasteiger partial charge is 0.379 e. The number of allylic oxidation sites excluding steroid dienone is 1. The lowest BCUT2D eigenvalue weighted by Crippen LogP contribution is -2.44. The highest BCUT2D eigenvalue weighted by Crippen LogP contribution is 2.21. The van der Waals surface area contributed by atoms with E-state index >= 15 is 0 Å². The minimum atomic E-state index is -0.405. The van der Waals surface area contributed by atoms with E-state index in [1.165, 1.54) is 12.8 Å². The molecule has 0 spiro atoms. The van der Waals surface area contributed by atoms with Crippen molar-refractivity contribution in [2.24, 2.45) is 5.73 Å². The molecule has 1 amide bonds. The summed E-state index contributed by atoms with van der Waals surface area (Å²) in [5.74, 6) is -0.405. The van der Waals surface area contributed by atoms with E-state index < -0.39 is 5.91 Å². The first-order valence-corrected chi connectivity index (χ1v) is 5.44. The predicted molar refractivity (Wildman–Crippen MR) is 59.1 cm³/mol. The monoisotopic (exact) mass is 212 g/mol. The number of carbonyl (C=O) groups excluding carboxylic acids is 1. The van der Waals surface area contributed by atoms with Crippen molar-refractivity contribution in [2.45, 2.75) is 44.8 Å². The second-order valence-corrected chi connectivity index (χ2v) is 3.88. The van der Waals surface area contributed by atoms with Gasteiger partial charge in [0.25, 0.3) is 5.91 Å². The standard InChI is InChI=1S/C11H20N2O2/c1-3-8(11(12)14)13-9-6-4-5-7-10(9)15-2/h3,9-10,13H,4-7H2,1-2H3,(H2,12,14)/t9-,10+/m1/s1. The van der Waals surface area contributed by atoms with E-state index in [0.717, 1.165) is 12.8 Å². The highest BCUT2D eigenvalue weighted by atomic mass is 16.5. The second kappa shape index (κ2) is 5.75. The Balaban J connectivity index is 2.58. The molecule has 3 N–H and O–H groups in total. The summed E-state index contributed by atoms with van der Waals surface area (Å²) in [5.41, 5.74) is 5.73. The van der Waals surface area contributed by atoms with Gasteiger partial charge in [-0.05, 0) is 19.8 Å². The van der Waals surface area contributed by atoms with Crippen LogP contribution < -0.4 is 11.1 Å². The maximum Gasteiger partial charge on any atom is 0.264 e. The molecular weight excluding hydrogens is 192 g/mol. The SMILES string of the molecule is CC=C(N[C@@H]1CCCC[C@@H]1OC)C(N)=O. The summed E-state index contributed by atoms with van der Waals surface area (Å²) >= 11 is 0. The predicted octanol–water partition coefficient (Wildman–Crippen LogP) is 0.923. The van der Waals surface area contributed by atoms with Crippen LogP contribution in [0.4, 0.5) is 0 Å². The minimum Gasteiger partial charge on any atom is -0.379 e. The maximum absolute atomic E-state index is 11.0. The summed E-state index contributed by atoms with van der Waals surface area (Å²) in [6.45, 7) is 1.80. The van der Waals surface area contributed by atoms with Crippen molar-refractivity contribution >= 4 is 5.91 Å². The number of nitrogens with one attached hydrogen (secondary N) is 1. The van der Waals surface area contributed by atoms with E-state index in [9.17, 15) is 4.79 Å². The molecule has 0 aliphatic heterocycles. The second-order valence-electron chi connectivity index (χ2n) is 3.88. The molecule has 15 heavy (non-hydrogen) atoms. The fourth-order valence-electron chi connectivity index (χ4n) is 2.04. The van der Waals surface area contributed by atoms with Crippen LogP contribution in [0.1, 0.15) is 32.6 Å². The van der Waals surface area contributed by atoms with Crippen molar-refractivity contribution in [1.29, 1.82) is 0 Å². The molecule has 1 fully saturated rings. The Morgan fingerprint density at radius 3 is 2.67 bits per heavy atom. The molecule has 4 heteroatoms. The molecule has 2 atom stereocenters. The number of primary amides is 1. The van der Waals surface area contributed by atoms with Gasteiger partial charge in [-0.3, -0.25) is 4.79 Å². The number of nitrogens with two attached hydrogens (primary N) is 1. The van der Waals surface area contributed by atoms with Crippen LogP contribution in [0.2, 0.25) is 0 Å². The summed E-state index contributed by atoms with van der Waals surface area (Å²) < 4.78 is 5.39. The number of hydrogen-bond donors (Lipinski definition) is 2. The first-order valence-electron chi connectivity index (χ1n) is 5.44. The van der Waals surface area contributed by atoms with Gasteiger partial charge < -0.3 is 15.8 Å². The normalized spacial score (nSPS) is 27.5. The summed E-state index contributed by atoms with van der Waals surface area (Å²) in [6, 6.07) is 0.211. The van der Waals surface area contributed by atoms with Gasteiger partial charge in [-0.25, -0.2) is 0 Å². The Morgan fingerprint density at radius 1 is 1.47 bits per heavy atom. The van der Waals surface area contributed by atoms with Crippen molar-refractivity contribution < 1.29 is 9.53 Å². The van der Waals surface area contributed by atoms with Crippen LogP contribution in [0, 0.1) is 0 Å². The Kier molecular flexibility index (Phi) is 4.62. The molecule has 0 aromatic heterocycles. The number of ether oxygens (including phenoxy) is 1. The summed E-state index contributed by atoms with van der Waals surface area (Å²) in [4.78, 5) is 11.0. The van der Waals surface area contributed by atoms with Gasteiger partial charge in [0.2, 0.25) is 0 Å². The molecule has 1 aliphatic carbocycles. The van der Waals surface area contributed by atoms with Crippen LogP contribution in [0.15, 0.2) is 11.8 Å². The van der Waals surface area contributed by atoms with E-state index in [4.69, 9.17) is 10.5 Å². The molecule has 1 saturated carbocycles. The molecule has 86 valence electrons. The van der Waals surface area contributed by atoms with Gasteiger partial charge in [0.05, 0.1) is 17.8 Å². The molecule has 0 aromatic rings. The van der Waals surface area contributed by atoms with Crippen LogP contribution >= 0.6 is 0 Å². The average Bonchev–Trinajstić information content (AvgIpc) is 2.25. The number of carbonyl (C=O) groups is 1. The third-order valence-corrected chi connectivity index (χ3v) is 2.90. The number of methoxy groups -OCH3 is 1. The summed E-state index contributed by atoms with van der Waals surface area (Å²) in [7, 11) is 1.71. The van der Waals surface area contributed by atoms with E-state index in [1.54, 1.807) is 20.1 Å². The fraction of sp³-hybridized carbons (Fsp3) is 0.727. The minimum absolute atomic E-state index is 0.188. The molecule has 0 bridgehead atoms. The molecule has 4 nitrogen and oxygen atoms in total. The highest BCUT2D eigenvalue weighted by molar-refractivity contribution is 5.91. The molecule has 0 radical (unpaired) electrons. The van der Waals surface area contributed by atoms with E-state index in [-0.39, 0.29) is 12.1 Å². The molecule has 1 aliphatic rings. The van der Waals surface area contributed by atoms with Crippen LogP contribution in [-0.2, 0) is 9.53 Å². The van der Waals surface area contributed by atoms with Crippen molar-refractivity contribution in [3.05, 3.63) is 11.8 Å². The fourth-order valence-corrected chi connectivity index (χ4v) is 2.04. The summed E-state index contributed by atoms with van der Waals surface area (Å²) in [5, 5.41) is 3.17. The van der Waals surface area contributed by atoms with Crippen LogP contribution in [0.25, 0.3) is 0 Å². The smallest absolute Gasteiger partial charge is 0.264 e. The lowest BCUT2D eigenvalue weighted by Gasteiger charge is -2.32. The van der Waals surface area contributed by atoms with Crippen LogP contribution in [0.5, 0.6) is 0 Å². The quantitative estimate of drug-likeness (QED) is 0.681. The van der Waals surface area contributed by atoms with E-state index in [2.05, 4.69) is 5.32 Å². The third-order valence-electron chi connectivity index (χ3n) is 2.90. The first-order chi connectivity index (χ1) is 7.19. The molecule has 0 saturated heterocycles. The van der Waals surface area contributed by atoms with E-state index in [1.807, 2.05) is 0 Å². The zero-order chi connectivity index (χ0) is 11.3. The van der Waals surface area contributed by atoms with Crippen molar-refractivity contribution in [3.63, 3.8) is 0 Å². The Bertz CT molecular complexity index is 251. The number of amides is 1. The van der Waals surface area contributed by atoms with Gasteiger partial charge in [0.1, 0.15) is 0 Å². The highest BCUT2D eigenvalue weighted by Gasteiger charge is 2.25. The van der Waals surface area contributed by atoms with Crippen molar-refractivity contribution in [1.82, 2.24) is 5.32 Å². The molecule has 0 unspecified atom stereocenters. The third kappa shape index (κ3) is 3.23. The van der Waals surface area contributed by atoms with Gasteiger partial charge in [0.15, 0.2) is 0 Å². The van der Waals surface area contributed by atoms with Gasteiger partial charge in [-0.2, -0.15) is 0 Å². The Morgan fingerprint density at radius 2 is 2.13 bits per heavy atom. The summed E-state index contributed by atoms with van der Waals surface area (Å²) in [6.07, 6.45) is 6.34. The Hall–Kier alpha value is -1.03. The molecule has 0 aromatic carbocycles. The first kappa shape index (κ1) is 12.0. The zero-order valence-electron chi connectivity index (χ0n) is 9.45. The average molecular weight is 212 g/mol. The molecule has 1 rings (SSSR count). The maximum atomic E-state index is 11.0. The van der Waals surface area contributed by atoms with Gasteiger partial charge >= 0.3 is 0 Å². The van der Waals surface area contributed by atoms with Gasteiger partial charge in [-0.15, -0.1) is 0 Å². The number of rotatable bonds is 4.